The zero-order valence-electron chi connectivity index (χ0n) is 16.0. The van der Waals surface area contributed by atoms with Gasteiger partial charge in [-0.1, -0.05) is 30.3 Å². The fourth-order valence-corrected chi connectivity index (χ4v) is 5.45. The quantitative estimate of drug-likeness (QED) is 0.458. The lowest BCUT2D eigenvalue weighted by atomic mass is 10.2. The number of nitrogens with zero attached hydrogens (tertiary/aromatic N) is 3. The molecule has 10 heteroatoms. The Kier molecular flexibility index (Phi) is 3.71. The Morgan fingerprint density at radius 3 is 2.57 bits per heavy atom. The summed E-state index contributed by atoms with van der Waals surface area (Å²) in [4.78, 5) is 20.2. The minimum absolute atomic E-state index is 0.0270. The van der Waals surface area contributed by atoms with Crippen molar-refractivity contribution in [1.82, 2.24) is 18.8 Å². The lowest BCUT2D eigenvalue weighted by Crippen LogP contribution is -2.37. The lowest BCUT2D eigenvalue weighted by Gasteiger charge is -2.27. The van der Waals surface area contributed by atoms with Crippen molar-refractivity contribution >= 4 is 49.6 Å². The summed E-state index contributed by atoms with van der Waals surface area (Å²) >= 11 is 0. The van der Waals surface area contributed by atoms with Crippen LogP contribution in [0.5, 0.6) is 0 Å². The van der Waals surface area contributed by atoms with E-state index in [-0.39, 0.29) is 22.2 Å². The zero-order valence-corrected chi connectivity index (χ0v) is 16.9. The number of imidazole rings is 1. The molecule has 152 valence electrons. The van der Waals surface area contributed by atoms with Crippen molar-refractivity contribution in [3.8, 4) is 0 Å². The molecule has 30 heavy (non-hydrogen) atoms. The van der Waals surface area contributed by atoms with Crippen molar-refractivity contribution in [2.45, 2.75) is 4.90 Å². The predicted octanol–water partition coefficient (Wildman–Crippen LogP) is 2.55. The highest BCUT2D eigenvalue weighted by atomic mass is 32.2. The Morgan fingerprint density at radius 1 is 1.10 bits per heavy atom. The molecule has 5 rings (SSSR count). The second-order valence-electron chi connectivity index (χ2n) is 6.98. The largest absolute Gasteiger partial charge is 0.504 e. The highest BCUT2D eigenvalue weighted by Crippen LogP contribution is 2.40. The molecule has 0 saturated carbocycles. The van der Waals surface area contributed by atoms with E-state index in [1.54, 1.807) is 48.0 Å². The molecule has 2 aromatic carbocycles. The molecule has 0 aliphatic carbocycles. The molecular formula is C20H17N5O4S. The van der Waals surface area contributed by atoms with E-state index >= 15 is 0 Å². The number of nitrogens with one attached hydrogen (secondary N) is 2. The molecule has 0 saturated heterocycles. The molecule has 0 unspecified atom stereocenters. The van der Waals surface area contributed by atoms with E-state index in [1.807, 2.05) is 12.1 Å². The van der Waals surface area contributed by atoms with Crippen molar-refractivity contribution in [2.75, 3.05) is 12.4 Å². The van der Waals surface area contributed by atoms with Gasteiger partial charge in [0.05, 0.1) is 11.0 Å². The molecule has 0 bridgehead atoms. The topological polar surface area (TPSA) is 120 Å². The van der Waals surface area contributed by atoms with Gasteiger partial charge in [0, 0.05) is 25.0 Å². The maximum atomic E-state index is 13.2. The van der Waals surface area contributed by atoms with E-state index in [4.69, 9.17) is 0 Å². The summed E-state index contributed by atoms with van der Waals surface area (Å²) in [7, 11) is -1.18. The zero-order chi connectivity index (χ0) is 21.2. The third-order valence-electron chi connectivity index (χ3n) is 5.28. The molecule has 1 aliphatic heterocycles. The SMILES string of the molecule is CN1C(C(=O)Nc2nc3ccccc3[nH]2)=C(O)c2c(c3ccccc3n2C)S1(=O)=O. The van der Waals surface area contributed by atoms with Crippen molar-refractivity contribution in [2.24, 2.45) is 7.05 Å². The van der Waals surface area contributed by atoms with Gasteiger partial charge >= 0.3 is 0 Å². The van der Waals surface area contributed by atoms with Crippen LogP contribution in [-0.4, -0.2) is 45.3 Å². The summed E-state index contributed by atoms with van der Waals surface area (Å²) in [5.41, 5.74) is 1.68. The Balaban J connectivity index is 1.67. The van der Waals surface area contributed by atoms with Crippen LogP contribution in [-0.2, 0) is 21.9 Å². The fourth-order valence-electron chi connectivity index (χ4n) is 3.83. The minimum Gasteiger partial charge on any atom is -0.504 e. The highest BCUT2D eigenvalue weighted by Gasteiger charge is 2.41. The van der Waals surface area contributed by atoms with Crippen LogP contribution in [0.3, 0.4) is 0 Å². The molecule has 2 aromatic heterocycles. The van der Waals surface area contributed by atoms with Crippen molar-refractivity contribution in [3.05, 3.63) is 59.9 Å². The lowest BCUT2D eigenvalue weighted by molar-refractivity contribution is -0.113. The average Bonchev–Trinajstić information content (AvgIpc) is 3.25. The average molecular weight is 423 g/mol. The van der Waals surface area contributed by atoms with Crippen LogP contribution < -0.4 is 5.32 Å². The van der Waals surface area contributed by atoms with Gasteiger partial charge in [0.15, 0.2) is 11.5 Å². The number of aryl methyl sites for hydroxylation is 1. The van der Waals surface area contributed by atoms with Crippen LogP contribution in [0.1, 0.15) is 5.69 Å². The predicted molar refractivity (Wildman–Crippen MR) is 112 cm³/mol. The van der Waals surface area contributed by atoms with E-state index < -0.39 is 21.7 Å². The standard InChI is InChI=1S/C20H17N5O4S/c1-24-14-10-6-3-7-11(14)18-15(24)17(26)16(25(2)30(18,28)29)19(27)23-20-21-12-8-4-5-9-13(12)22-20/h3-10,26H,1-2H3,(H2,21,22,23,27). The monoisotopic (exact) mass is 423 g/mol. The third-order valence-corrected chi connectivity index (χ3v) is 7.11. The summed E-state index contributed by atoms with van der Waals surface area (Å²) in [6.07, 6.45) is 0. The first-order chi connectivity index (χ1) is 14.3. The van der Waals surface area contributed by atoms with Gasteiger partial charge in [-0.3, -0.25) is 14.4 Å². The first-order valence-corrected chi connectivity index (χ1v) is 10.5. The number of anilines is 1. The molecule has 3 heterocycles. The number of carbonyl (C=O) groups excluding carboxylic acids is 1. The van der Waals surface area contributed by atoms with Crippen LogP contribution in [0.4, 0.5) is 5.95 Å². The van der Waals surface area contributed by atoms with Crippen LogP contribution in [0.25, 0.3) is 27.7 Å². The van der Waals surface area contributed by atoms with Crippen molar-refractivity contribution < 1.29 is 18.3 Å². The number of hydrogen-bond acceptors (Lipinski definition) is 5. The highest BCUT2D eigenvalue weighted by molar-refractivity contribution is 7.89. The Morgan fingerprint density at radius 2 is 1.80 bits per heavy atom. The smallest absolute Gasteiger partial charge is 0.279 e. The van der Waals surface area contributed by atoms with E-state index in [0.29, 0.717) is 21.9 Å². The van der Waals surface area contributed by atoms with Gasteiger partial charge in [-0.15, -0.1) is 0 Å². The normalized spacial score (nSPS) is 15.6. The first-order valence-electron chi connectivity index (χ1n) is 9.06. The Bertz CT molecular complexity index is 1460. The van der Waals surface area contributed by atoms with Crippen LogP contribution in [0.2, 0.25) is 0 Å². The summed E-state index contributed by atoms with van der Waals surface area (Å²) < 4.78 is 28.9. The number of aromatic amines is 1. The van der Waals surface area contributed by atoms with Crippen LogP contribution in [0.15, 0.2) is 59.1 Å². The van der Waals surface area contributed by atoms with Gasteiger partial charge in [-0.2, -0.15) is 0 Å². The summed E-state index contributed by atoms with van der Waals surface area (Å²) in [5, 5.41) is 14.0. The Labute approximate surface area is 171 Å². The van der Waals surface area contributed by atoms with E-state index in [1.165, 1.54) is 7.05 Å². The van der Waals surface area contributed by atoms with Gasteiger partial charge in [0.2, 0.25) is 5.95 Å². The van der Waals surface area contributed by atoms with E-state index in [9.17, 15) is 18.3 Å². The number of likely N-dealkylation sites (N-methyl/N-ethyl adjacent to an activating group) is 1. The van der Waals surface area contributed by atoms with Crippen molar-refractivity contribution in [1.29, 1.82) is 0 Å². The molecule has 1 aliphatic rings. The number of H-pyrrole nitrogens is 1. The van der Waals surface area contributed by atoms with E-state index in [2.05, 4.69) is 15.3 Å². The number of aliphatic hydroxyl groups excluding tert-OH is 1. The summed E-state index contributed by atoms with van der Waals surface area (Å²) in [6, 6.07) is 14.1. The minimum atomic E-state index is -4.07. The molecule has 0 fully saturated rings. The molecule has 9 nitrogen and oxygen atoms in total. The molecule has 3 N–H and O–H groups in total. The molecule has 0 radical (unpaired) electrons. The molecular weight excluding hydrogens is 406 g/mol. The number of rotatable bonds is 2. The van der Waals surface area contributed by atoms with Crippen LogP contribution in [0, 0.1) is 0 Å². The molecule has 4 aromatic rings. The van der Waals surface area contributed by atoms with Crippen molar-refractivity contribution in [3.63, 3.8) is 0 Å². The summed E-state index contributed by atoms with van der Waals surface area (Å²) in [6.45, 7) is 0. The number of carbonyl (C=O) groups is 1. The second kappa shape index (κ2) is 6.10. The second-order valence-corrected chi connectivity index (χ2v) is 8.89. The molecule has 0 atom stereocenters. The number of hydrogen-bond donors (Lipinski definition) is 3. The van der Waals surface area contributed by atoms with Gasteiger partial charge in [0.1, 0.15) is 10.6 Å². The third kappa shape index (κ3) is 2.37. The maximum Gasteiger partial charge on any atom is 0.279 e. The van der Waals surface area contributed by atoms with Crippen LogP contribution >= 0.6 is 0 Å². The summed E-state index contributed by atoms with van der Waals surface area (Å²) in [5.74, 6) is -1.07. The van der Waals surface area contributed by atoms with E-state index in [0.717, 1.165) is 4.31 Å². The first kappa shape index (κ1) is 18.3. The molecule has 1 amide bonds. The maximum absolute atomic E-state index is 13.2. The fraction of sp³-hybridized carbons (Fsp3) is 0.100. The van der Waals surface area contributed by atoms with Gasteiger partial charge in [-0.05, 0) is 18.2 Å². The van der Waals surface area contributed by atoms with Gasteiger partial charge < -0.3 is 14.7 Å². The number of sulfonamides is 1. The molecule has 0 spiro atoms. The number of fused-ring (bicyclic) bond motifs is 4. The number of para-hydroxylation sites is 3. The number of aromatic nitrogens is 3. The number of aliphatic hydroxyl groups is 1. The number of amides is 1. The number of benzene rings is 2. The Hall–Kier alpha value is -3.79. The van der Waals surface area contributed by atoms with Gasteiger partial charge in [-0.25, -0.2) is 13.4 Å². The van der Waals surface area contributed by atoms with Gasteiger partial charge in [0.25, 0.3) is 15.9 Å².